The van der Waals surface area contributed by atoms with Crippen LogP contribution in [-0.4, -0.2) is 79.7 Å². The highest BCUT2D eigenvalue weighted by molar-refractivity contribution is 5.94. The molecule has 0 atom stereocenters. The number of aromatic hydroxyl groups is 1. The minimum absolute atomic E-state index is 0.0397. The molecule has 126 valence electrons. The molecular weight excluding hydrogens is 298 g/mol. The van der Waals surface area contributed by atoms with E-state index in [1.54, 1.807) is 29.0 Å². The number of carbonyl (C=O) groups is 2. The Morgan fingerprint density at radius 1 is 1.13 bits per heavy atom. The monoisotopic (exact) mass is 321 g/mol. The summed E-state index contributed by atoms with van der Waals surface area (Å²) in [5.41, 5.74) is 0.545. The summed E-state index contributed by atoms with van der Waals surface area (Å²) in [6, 6.07) is 6.21. The van der Waals surface area contributed by atoms with Gasteiger partial charge in [-0.1, -0.05) is 0 Å². The molecule has 1 heterocycles. The number of phenols is 1. The number of hydrogen-bond acceptors (Lipinski definition) is 5. The molecule has 7 heteroatoms. The van der Waals surface area contributed by atoms with Crippen molar-refractivity contribution in [3.63, 3.8) is 0 Å². The Labute approximate surface area is 135 Å². The summed E-state index contributed by atoms with van der Waals surface area (Å²) in [7, 11) is 1.62. The molecule has 0 spiro atoms. The van der Waals surface area contributed by atoms with Crippen molar-refractivity contribution in [3.05, 3.63) is 29.8 Å². The second kappa shape index (κ2) is 8.50. The third kappa shape index (κ3) is 4.94. The molecule has 0 radical (unpaired) electrons. The molecule has 1 aromatic rings. The summed E-state index contributed by atoms with van der Waals surface area (Å²) < 4.78 is 4.91. The second-order valence-corrected chi connectivity index (χ2v) is 5.39. The number of carbonyl (C=O) groups excluding carboxylic acids is 2. The first kappa shape index (κ1) is 17.2. The molecule has 1 aromatic carbocycles. The van der Waals surface area contributed by atoms with Crippen molar-refractivity contribution >= 4 is 11.8 Å². The predicted octanol–water partition coefficient (Wildman–Crippen LogP) is -0.0874. The van der Waals surface area contributed by atoms with Gasteiger partial charge in [-0.2, -0.15) is 0 Å². The van der Waals surface area contributed by atoms with Crippen LogP contribution < -0.4 is 5.32 Å². The molecule has 0 bridgehead atoms. The first-order valence-corrected chi connectivity index (χ1v) is 7.67. The Kier molecular flexibility index (Phi) is 6.37. The lowest BCUT2D eigenvalue weighted by Crippen LogP contribution is -2.52. The normalized spacial score (nSPS) is 14.8. The third-order valence-corrected chi connectivity index (χ3v) is 3.79. The highest BCUT2D eigenvalue weighted by atomic mass is 16.5. The van der Waals surface area contributed by atoms with Crippen LogP contribution in [-0.2, 0) is 9.53 Å². The van der Waals surface area contributed by atoms with E-state index in [9.17, 15) is 14.7 Å². The molecule has 0 aliphatic carbocycles. The Hall–Kier alpha value is -2.12. The molecule has 23 heavy (non-hydrogen) atoms. The maximum absolute atomic E-state index is 12.3. The maximum Gasteiger partial charge on any atom is 0.253 e. The molecule has 1 aliphatic rings. The fourth-order valence-corrected chi connectivity index (χ4v) is 2.43. The molecule has 2 rings (SSSR count). The number of nitrogens with zero attached hydrogens (tertiary/aromatic N) is 2. The summed E-state index contributed by atoms with van der Waals surface area (Å²) in [6.07, 6.45) is 0. The van der Waals surface area contributed by atoms with Crippen LogP contribution >= 0.6 is 0 Å². The zero-order chi connectivity index (χ0) is 16.7. The van der Waals surface area contributed by atoms with Crippen molar-refractivity contribution in [2.24, 2.45) is 0 Å². The van der Waals surface area contributed by atoms with Crippen molar-refractivity contribution in [2.45, 2.75) is 0 Å². The highest BCUT2D eigenvalue weighted by Crippen LogP contribution is 2.13. The van der Waals surface area contributed by atoms with Gasteiger partial charge in [0.05, 0.1) is 13.2 Å². The molecule has 7 nitrogen and oxygen atoms in total. The Morgan fingerprint density at radius 2 is 1.74 bits per heavy atom. The number of hydrogen-bond donors (Lipinski definition) is 2. The van der Waals surface area contributed by atoms with Crippen LogP contribution in [0.2, 0.25) is 0 Å². The van der Waals surface area contributed by atoms with E-state index in [2.05, 4.69) is 5.32 Å². The van der Waals surface area contributed by atoms with Gasteiger partial charge >= 0.3 is 0 Å². The first-order valence-electron chi connectivity index (χ1n) is 7.67. The first-order chi connectivity index (χ1) is 11.1. The van der Waals surface area contributed by atoms with E-state index in [1.807, 2.05) is 0 Å². The maximum atomic E-state index is 12.3. The zero-order valence-corrected chi connectivity index (χ0v) is 13.3. The highest BCUT2D eigenvalue weighted by Gasteiger charge is 2.24. The molecule has 2 N–H and O–H groups in total. The van der Waals surface area contributed by atoms with Gasteiger partial charge in [-0.25, -0.2) is 0 Å². The van der Waals surface area contributed by atoms with Gasteiger partial charge in [-0.15, -0.1) is 0 Å². The van der Waals surface area contributed by atoms with Crippen molar-refractivity contribution < 1.29 is 19.4 Å². The minimum atomic E-state index is -0.0738. The van der Waals surface area contributed by atoms with E-state index in [-0.39, 0.29) is 24.1 Å². The Balaban J connectivity index is 1.78. The molecule has 0 unspecified atom stereocenters. The predicted molar refractivity (Wildman–Crippen MR) is 85.3 cm³/mol. The standard InChI is InChI=1S/C16H23N3O4/c1-23-11-6-17-12-15(21)18-7-9-19(10-8-18)16(22)13-2-4-14(20)5-3-13/h2-5,17,20H,6-12H2,1H3. The van der Waals surface area contributed by atoms with Gasteiger partial charge in [-0.3, -0.25) is 9.59 Å². The van der Waals surface area contributed by atoms with Crippen LogP contribution in [0.1, 0.15) is 10.4 Å². The van der Waals surface area contributed by atoms with Crippen molar-refractivity contribution in [2.75, 3.05) is 53.0 Å². The van der Waals surface area contributed by atoms with E-state index in [1.165, 1.54) is 12.1 Å². The smallest absolute Gasteiger partial charge is 0.253 e. The minimum Gasteiger partial charge on any atom is -0.508 e. The largest absolute Gasteiger partial charge is 0.508 e. The summed E-state index contributed by atoms with van der Waals surface area (Å²) in [4.78, 5) is 27.9. The van der Waals surface area contributed by atoms with E-state index < -0.39 is 0 Å². The van der Waals surface area contributed by atoms with Gasteiger partial charge in [0.15, 0.2) is 0 Å². The summed E-state index contributed by atoms with van der Waals surface area (Å²) in [6.45, 7) is 3.61. The van der Waals surface area contributed by atoms with Crippen molar-refractivity contribution in [1.29, 1.82) is 0 Å². The number of amides is 2. The number of rotatable bonds is 6. The SMILES string of the molecule is COCCNCC(=O)N1CCN(C(=O)c2ccc(O)cc2)CC1. The van der Waals surface area contributed by atoms with E-state index in [0.29, 0.717) is 44.9 Å². The van der Waals surface area contributed by atoms with Crippen molar-refractivity contribution in [1.82, 2.24) is 15.1 Å². The van der Waals surface area contributed by atoms with Gasteiger partial charge in [-0.05, 0) is 24.3 Å². The summed E-state index contributed by atoms with van der Waals surface area (Å²) >= 11 is 0. The topological polar surface area (TPSA) is 82.1 Å². The average Bonchev–Trinajstić information content (AvgIpc) is 2.59. The van der Waals surface area contributed by atoms with Gasteiger partial charge in [0.25, 0.3) is 5.91 Å². The lowest BCUT2D eigenvalue weighted by Gasteiger charge is -2.35. The summed E-state index contributed by atoms with van der Waals surface area (Å²) in [5.74, 6) is 0.103. The molecule has 2 amide bonds. The lowest BCUT2D eigenvalue weighted by molar-refractivity contribution is -0.131. The fourth-order valence-electron chi connectivity index (χ4n) is 2.43. The van der Waals surface area contributed by atoms with Gasteiger partial charge in [0, 0.05) is 45.4 Å². The van der Waals surface area contributed by atoms with Crippen LogP contribution in [0.15, 0.2) is 24.3 Å². The molecule has 1 saturated heterocycles. The van der Waals surface area contributed by atoms with E-state index in [4.69, 9.17) is 4.74 Å². The number of nitrogens with one attached hydrogen (secondary N) is 1. The number of phenolic OH excluding ortho intramolecular Hbond substituents is 1. The number of piperazine rings is 1. The molecule has 1 aliphatic heterocycles. The van der Waals surface area contributed by atoms with Gasteiger partial charge < -0.3 is 25.0 Å². The van der Waals surface area contributed by atoms with Crippen LogP contribution in [0.3, 0.4) is 0 Å². The number of methoxy groups -OCH3 is 1. The third-order valence-electron chi connectivity index (χ3n) is 3.79. The second-order valence-electron chi connectivity index (χ2n) is 5.39. The quantitative estimate of drug-likeness (QED) is 0.716. The molecule has 0 saturated carbocycles. The Morgan fingerprint density at radius 3 is 2.35 bits per heavy atom. The summed E-state index contributed by atoms with van der Waals surface area (Å²) in [5, 5.41) is 12.3. The average molecular weight is 321 g/mol. The fraction of sp³-hybridized carbons (Fsp3) is 0.500. The lowest BCUT2D eigenvalue weighted by atomic mass is 10.1. The van der Waals surface area contributed by atoms with Crippen LogP contribution in [0, 0.1) is 0 Å². The molecular formula is C16H23N3O4. The number of ether oxygens (including phenoxy) is 1. The van der Waals surface area contributed by atoms with E-state index in [0.717, 1.165) is 0 Å². The van der Waals surface area contributed by atoms with Gasteiger partial charge in [0.2, 0.25) is 5.91 Å². The van der Waals surface area contributed by atoms with Gasteiger partial charge in [0.1, 0.15) is 5.75 Å². The molecule has 0 aromatic heterocycles. The van der Waals surface area contributed by atoms with Crippen LogP contribution in [0.4, 0.5) is 0 Å². The Bertz CT molecular complexity index is 525. The number of benzene rings is 1. The van der Waals surface area contributed by atoms with Crippen LogP contribution in [0.25, 0.3) is 0 Å². The van der Waals surface area contributed by atoms with Crippen LogP contribution in [0.5, 0.6) is 5.75 Å². The van der Waals surface area contributed by atoms with Crippen molar-refractivity contribution in [3.8, 4) is 5.75 Å². The molecule has 1 fully saturated rings. The van der Waals surface area contributed by atoms with E-state index >= 15 is 0 Å². The zero-order valence-electron chi connectivity index (χ0n) is 13.3.